The van der Waals surface area contributed by atoms with Crippen LogP contribution >= 0.6 is 0 Å². The Balaban J connectivity index is 1.42. The molecular formula is C34H45N7O5. The van der Waals surface area contributed by atoms with Crippen LogP contribution in [0, 0.1) is 12.8 Å². The van der Waals surface area contributed by atoms with Gasteiger partial charge in [0.05, 0.1) is 25.2 Å². The van der Waals surface area contributed by atoms with Crippen molar-refractivity contribution in [3.05, 3.63) is 58.7 Å². The summed E-state index contributed by atoms with van der Waals surface area (Å²) < 4.78 is 7.64. The third kappa shape index (κ3) is 7.48. The molecule has 1 atom stereocenters. The van der Waals surface area contributed by atoms with Gasteiger partial charge in [-0.3, -0.25) is 23.9 Å². The molecule has 0 saturated carbocycles. The second-order valence-corrected chi connectivity index (χ2v) is 12.8. The number of rotatable bonds is 6. The van der Waals surface area contributed by atoms with Gasteiger partial charge < -0.3 is 24.4 Å². The van der Waals surface area contributed by atoms with Crippen molar-refractivity contribution in [1.82, 2.24) is 34.8 Å². The van der Waals surface area contributed by atoms with Crippen LogP contribution in [0.4, 0.5) is 0 Å². The van der Waals surface area contributed by atoms with Gasteiger partial charge in [-0.25, -0.2) is 4.98 Å². The summed E-state index contributed by atoms with van der Waals surface area (Å²) in [6, 6.07) is 9.38. The molecule has 4 amide bonds. The van der Waals surface area contributed by atoms with E-state index in [2.05, 4.69) is 29.2 Å². The van der Waals surface area contributed by atoms with E-state index in [1.165, 1.54) is 4.90 Å². The molecule has 2 aromatic heterocycles. The molecule has 246 valence electrons. The minimum atomic E-state index is -0.310. The van der Waals surface area contributed by atoms with Crippen molar-refractivity contribution in [2.45, 2.75) is 65.3 Å². The number of fused-ring (bicyclic) bond motifs is 1. The molecule has 46 heavy (non-hydrogen) atoms. The van der Waals surface area contributed by atoms with Crippen LogP contribution in [0.15, 0.2) is 34.7 Å². The second kappa shape index (κ2) is 14.3. The van der Waals surface area contributed by atoms with Crippen LogP contribution in [0.5, 0.6) is 0 Å². The average Bonchev–Trinajstić information content (AvgIpc) is 3.56. The summed E-state index contributed by atoms with van der Waals surface area (Å²) in [6.07, 6.45) is 3.14. The quantitative estimate of drug-likeness (QED) is 0.442. The zero-order valence-corrected chi connectivity index (χ0v) is 27.5. The number of hydrogen-bond donors (Lipinski definition) is 1. The summed E-state index contributed by atoms with van der Waals surface area (Å²) in [4.78, 5) is 63.6. The molecule has 5 rings (SSSR count). The van der Waals surface area contributed by atoms with Crippen molar-refractivity contribution in [3.63, 3.8) is 0 Å². The lowest BCUT2D eigenvalue weighted by Crippen LogP contribution is -2.50. The Bertz CT molecular complexity index is 1580. The first-order valence-corrected chi connectivity index (χ1v) is 16.2. The highest BCUT2D eigenvalue weighted by molar-refractivity contribution is 5.96. The molecule has 1 aromatic carbocycles. The maximum atomic E-state index is 14.2. The van der Waals surface area contributed by atoms with Crippen LogP contribution < -0.4 is 5.32 Å². The van der Waals surface area contributed by atoms with E-state index >= 15 is 0 Å². The fraction of sp³-hybridized carbons (Fsp3) is 0.529. The van der Waals surface area contributed by atoms with Gasteiger partial charge in [-0.1, -0.05) is 32.0 Å². The molecule has 2 bridgehead atoms. The Morgan fingerprint density at radius 2 is 1.87 bits per heavy atom. The number of hydrogen-bond acceptors (Lipinski definition) is 7. The summed E-state index contributed by atoms with van der Waals surface area (Å²) >= 11 is 0. The number of benzene rings is 1. The molecule has 3 heterocycles. The Kier molecular flexibility index (Phi) is 10.2. The molecule has 2 aliphatic rings. The summed E-state index contributed by atoms with van der Waals surface area (Å²) in [5.41, 5.74) is 3.49. The average molecular weight is 632 g/mol. The zero-order chi connectivity index (χ0) is 33.0. The van der Waals surface area contributed by atoms with Gasteiger partial charge in [0.2, 0.25) is 23.6 Å². The lowest BCUT2D eigenvalue weighted by molar-refractivity contribution is -0.142. The Morgan fingerprint density at radius 3 is 2.61 bits per heavy atom. The third-order valence-corrected chi connectivity index (χ3v) is 8.91. The summed E-state index contributed by atoms with van der Waals surface area (Å²) in [6.45, 7) is 6.98. The van der Waals surface area contributed by atoms with Crippen LogP contribution in [0.25, 0.3) is 11.5 Å². The largest absolute Gasteiger partial charge is 0.441 e. The minimum absolute atomic E-state index is 0.00740. The van der Waals surface area contributed by atoms with Crippen LogP contribution in [0.3, 0.4) is 0 Å². The smallest absolute Gasteiger partial charge is 0.274 e. The number of carbonyl (C=O) groups is 4. The van der Waals surface area contributed by atoms with Gasteiger partial charge >= 0.3 is 0 Å². The van der Waals surface area contributed by atoms with Gasteiger partial charge in [0.1, 0.15) is 5.76 Å². The molecule has 12 heteroatoms. The highest BCUT2D eigenvalue weighted by Gasteiger charge is 2.35. The van der Waals surface area contributed by atoms with Crippen LogP contribution in [-0.2, 0) is 40.7 Å². The van der Waals surface area contributed by atoms with Crippen molar-refractivity contribution in [2.24, 2.45) is 13.0 Å². The number of aryl methyl sites for hydroxylation is 2. The summed E-state index contributed by atoms with van der Waals surface area (Å²) in [5, 5.41) is 7.40. The number of carbonyl (C=O) groups excluding carboxylic acids is 4. The van der Waals surface area contributed by atoms with E-state index < -0.39 is 0 Å². The third-order valence-electron chi connectivity index (χ3n) is 8.91. The number of oxazole rings is 1. The van der Waals surface area contributed by atoms with Crippen molar-refractivity contribution in [2.75, 3.05) is 39.8 Å². The molecule has 1 aliphatic heterocycles. The van der Waals surface area contributed by atoms with Gasteiger partial charge in [0.25, 0.3) is 5.91 Å². The van der Waals surface area contributed by atoms with Gasteiger partial charge in [0.15, 0.2) is 5.69 Å². The molecular weight excluding hydrogens is 586 g/mol. The summed E-state index contributed by atoms with van der Waals surface area (Å²) in [7, 11) is 3.43. The molecule has 12 nitrogen and oxygen atoms in total. The molecule has 1 N–H and O–H groups in total. The predicted molar refractivity (Wildman–Crippen MR) is 172 cm³/mol. The minimum Gasteiger partial charge on any atom is -0.441 e. The molecule has 0 fully saturated rings. The first-order chi connectivity index (χ1) is 22.0. The van der Waals surface area contributed by atoms with Gasteiger partial charge in [0, 0.05) is 56.6 Å². The van der Waals surface area contributed by atoms with E-state index in [4.69, 9.17) is 4.42 Å². The van der Waals surface area contributed by atoms with E-state index in [9.17, 15) is 19.2 Å². The molecule has 0 radical (unpaired) electrons. The number of aromatic nitrogens is 3. The second-order valence-electron chi connectivity index (χ2n) is 12.8. The van der Waals surface area contributed by atoms with Gasteiger partial charge in [-0.2, -0.15) is 5.10 Å². The van der Waals surface area contributed by atoms with E-state index in [1.54, 1.807) is 23.6 Å². The highest BCUT2D eigenvalue weighted by Crippen LogP contribution is 2.29. The van der Waals surface area contributed by atoms with Crippen LogP contribution in [-0.4, -0.2) is 98.9 Å². The monoisotopic (exact) mass is 631 g/mol. The fourth-order valence-electron chi connectivity index (χ4n) is 6.24. The number of amides is 4. The standard InChI is InChI=1S/C34H45N7O5/c1-22(2)14-17-41-25-12-13-28-26(18-25)32(37-39(28)5)34(45)38(4)20-29(42)35-15-9-16-40(21-31(41)44)30(43)19-27-23(3)46-33(36-27)24-10-7-6-8-11-24/h6-8,10-11,22,25H,9,12-21H2,1-5H3,(H,35,42). The lowest BCUT2D eigenvalue weighted by atomic mass is 9.89. The number of nitrogens with one attached hydrogen (secondary N) is 1. The normalized spacial score (nSPS) is 18.3. The van der Waals surface area contributed by atoms with E-state index in [-0.39, 0.29) is 55.7 Å². The topological polar surface area (TPSA) is 134 Å². The first kappa shape index (κ1) is 32.9. The van der Waals surface area contributed by atoms with Crippen molar-refractivity contribution in [3.8, 4) is 11.5 Å². The molecule has 0 saturated heterocycles. The zero-order valence-electron chi connectivity index (χ0n) is 27.5. The number of likely N-dealkylation sites (N-methyl/N-ethyl adjacent to an activating group) is 1. The molecule has 3 aromatic rings. The maximum absolute atomic E-state index is 14.2. The Hall–Kier alpha value is -4.48. The number of nitrogens with zero attached hydrogens (tertiary/aromatic N) is 6. The fourth-order valence-corrected chi connectivity index (χ4v) is 6.24. The Labute approximate surface area is 270 Å². The summed E-state index contributed by atoms with van der Waals surface area (Å²) in [5.74, 6) is 0.416. The van der Waals surface area contributed by atoms with E-state index in [1.807, 2.05) is 42.3 Å². The lowest BCUT2D eigenvalue weighted by Gasteiger charge is -2.36. The first-order valence-electron chi connectivity index (χ1n) is 16.2. The predicted octanol–water partition coefficient (Wildman–Crippen LogP) is 2.78. The van der Waals surface area contributed by atoms with Crippen LogP contribution in [0.2, 0.25) is 0 Å². The van der Waals surface area contributed by atoms with Gasteiger partial charge in [-0.15, -0.1) is 0 Å². The Morgan fingerprint density at radius 1 is 1.11 bits per heavy atom. The molecule has 0 spiro atoms. The molecule has 1 aliphatic carbocycles. The highest BCUT2D eigenvalue weighted by atomic mass is 16.4. The van der Waals surface area contributed by atoms with Crippen molar-refractivity contribution >= 4 is 23.6 Å². The van der Waals surface area contributed by atoms with E-state index in [0.717, 1.165) is 29.7 Å². The van der Waals surface area contributed by atoms with Gasteiger partial charge in [-0.05, 0) is 57.1 Å². The van der Waals surface area contributed by atoms with Crippen molar-refractivity contribution < 1.29 is 23.6 Å². The van der Waals surface area contributed by atoms with E-state index in [0.29, 0.717) is 61.3 Å². The van der Waals surface area contributed by atoms with Crippen molar-refractivity contribution in [1.29, 1.82) is 0 Å². The molecule has 1 unspecified atom stereocenters. The maximum Gasteiger partial charge on any atom is 0.274 e. The van der Waals surface area contributed by atoms with Crippen LogP contribution in [0.1, 0.15) is 66.3 Å². The SMILES string of the molecule is Cc1oc(-c2ccccc2)nc1CC(=O)N1CCCNC(=O)CN(C)C(=O)c2nn(C)c3c2CC(CC3)N(CCC(C)C)C(=O)C1.